The predicted octanol–water partition coefficient (Wildman–Crippen LogP) is 16.7. The number of amides is 1. The molecule has 0 aliphatic carbocycles. The van der Waals surface area contributed by atoms with E-state index in [9.17, 15) is 35.1 Å². The average molecular weight is 1140 g/mol. The third-order valence-corrected chi connectivity index (χ3v) is 15.6. The lowest BCUT2D eigenvalue weighted by Gasteiger charge is -2.41. The van der Waals surface area contributed by atoms with Crippen LogP contribution in [0.2, 0.25) is 0 Å². The highest BCUT2D eigenvalue weighted by Gasteiger charge is 2.47. The van der Waals surface area contributed by atoms with Crippen molar-refractivity contribution in [1.29, 1.82) is 0 Å². The molecule has 81 heavy (non-hydrogen) atoms. The highest BCUT2D eigenvalue weighted by Crippen LogP contribution is 2.26. The number of hydrogen-bond acceptors (Lipinski definition) is 10. The molecule has 0 aromatic carbocycles. The largest absolute Gasteiger partial charge is 0.454 e. The number of nitrogens with one attached hydrogen (secondary N) is 1. The van der Waals surface area contributed by atoms with Gasteiger partial charge in [0.25, 0.3) is 0 Å². The Hall–Kier alpha value is -2.90. The summed E-state index contributed by atoms with van der Waals surface area (Å²) in [5.41, 5.74) is 0. The van der Waals surface area contributed by atoms with Crippen LogP contribution < -0.4 is 5.32 Å². The molecule has 470 valence electrons. The monoisotopic (exact) mass is 1140 g/mol. The Balaban J connectivity index is 2.61. The van der Waals surface area contributed by atoms with Gasteiger partial charge in [0, 0.05) is 6.42 Å². The number of esters is 1. The zero-order chi connectivity index (χ0) is 58.9. The molecule has 1 heterocycles. The zero-order valence-corrected chi connectivity index (χ0v) is 52.1. The van der Waals surface area contributed by atoms with Crippen LogP contribution in [0.3, 0.4) is 0 Å². The second-order valence-corrected chi connectivity index (χ2v) is 23.2. The Labute approximate surface area is 496 Å². The fourth-order valence-electron chi connectivity index (χ4n) is 10.2. The van der Waals surface area contributed by atoms with E-state index in [1.54, 1.807) is 6.08 Å². The van der Waals surface area contributed by atoms with Gasteiger partial charge in [-0.05, 0) is 96.3 Å². The summed E-state index contributed by atoms with van der Waals surface area (Å²) in [5.74, 6) is -1.20. The first-order valence-corrected chi connectivity index (χ1v) is 33.7. The first-order valence-electron chi connectivity index (χ1n) is 33.7. The SMILES string of the molecule is CCCCC/C=C\C/C=C\C/C=C\C/C=C\CCCCCCCCCCCC(=O)OC1C(OCC(NC(=O)C(O)CCCCCCCC/C=C\CCCCCC)C(O)/C=C/CCCCCCCCCCCCC)OC(CO)C(O)C1O. The van der Waals surface area contributed by atoms with Crippen LogP contribution in [0.15, 0.2) is 72.9 Å². The zero-order valence-electron chi connectivity index (χ0n) is 52.1. The number of carbonyl (C=O) groups excluding carboxylic acids is 2. The molecule has 1 fully saturated rings. The van der Waals surface area contributed by atoms with Gasteiger partial charge in [0.1, 0.15) is 24.4 Å². The van der Waals surface area contributed by atoms with E-state index in [4.69, 9.17) is 14.2 Å². The summed E-state index contributed by atoms with van der Waals surface area (Å²) in [5, 5.41) is 57.1. The third-order valence-electron chi connectivity index (χ3n) is 15.6. The molecule has 1 aliphatic rings. The van der Waals surface area contributed by atoms with E-state index in [-0.39, 0.29) is 19.4 Å². The summed E-state index contributed by atoms with van der Waals surface area (Å²) in [7, 11) is 0. The maximum atomic E-state index is 13.4. The fraction of sp³-hybridized carbons (Fsp3) is 0.800. The summed E-state index contributed by atoms with van der Waals surface area (Å²) >= 11 is 0. The van der Waals surface area contributed by atoms with E-state index < -0.39 is 67.4 Å². The van der Waals surface area contributed by atoms with Crippen molar-refractivity contribution >= 4 is 11.9 Å². The normalized spacial score (nSPS) is 19.1. The predicted molar refractivity (Wildman–Crippen MR) is 338 cm³/mol. The van der Waals surface area contributed by atoms with E-state index in [2.05, 4.69) is 86.8 Å². The highest BCUT2D eigenvalue weighted by molar-refractivity contribution is 5.80. The lowest BCUT2D eigenvalue weighted by atomic mass is 9.99. The summed E-state index contributed by atoms with van der Waals surface area (Å²) in [6.07, 6.45) is 63.6. The molecule has 0 saturated carbocycles. The van der Waals surface area contributed by atoms with Crippen LogP contribution in [-0.4, -0.2) is 99.6 Å². The molecular weight excluding hydrogens is 1010 g/mol. The van der Waals surface area contributed by atoms with Crippen LogP contribution in [0.5, 0.6) is 0 Å². The molecule has 11 nitrogen and oxygen atoms in total. The van der Waals surface area contributed by atoms with Crippen LogP contribution in [0, 0.1) is 0 Å². The molecule has 1 rings (SSSR count). The van der Waals surface area contributed by atoms with Crippen molar-refractivity contribution in [3.63, 3.8) is 0 Å². The number of allylic oxidation sites excluding steroid dienone is 11. The molecule has 1 amide bonds. The van der Waals surface area contributed by atoms with Gasteiger partial charge in [-0.25, -0.2) is 0 Å². The molecular formula is C70H125NO10. The van der Waals surface area contributed by atoms with Crippen LogP contribution in [-0.2, 0) is 23.8 Å². The highest BCUT2D eigenvalue weighted by atomic mass is 16.7. The first kappa shape index (κ1) is 76.1. The maximum Gasteiger partial charge on any atom is 0.306 e. The van der Waals surface area contributed by atoms with E-state index in [1.807, 2.05) is 6.08 Å². The molecule has 0 aromatic rings. The standard InChI is InChI=1S/C70H125NO10/c1-4-7-10-13-16-19-22-25-27-28-29-30-31-32-33-34-35-36-37-40-43-46-49-52-55-58-65(75)81-68-67(77)66(76)64(59-72)80-70(68)79-60-61(62(73)56-53-50-47-44-41-38-24-21-18-15-12-9-6-3)71-69(78)63(74)57-54-51-48-45-42-39-26-23-20-17-14-11-8-5-2/h16,19-20,23,25,27,29-30,32-33,53,56,61-64,66-68,70,72-74,76-77H,4-15,17-18,21-22,24,26,28,31,34-52,54-55,57-60H2,1-3H3,(H,71,78)/b19-16-,23-20-,27-25-,30-29-,33-32-,56-53+. The number of unbranched alkanes of at least 4 members (excludes halogenated alkanes) is 33. The second-order valence-electron chi connectivity index (χ2n) is 23.2. The molecule has 8 atom stereocenters. The summed E-state index contributed by atoms with van der Waals surface area (Å²) in [4.78, 5) is 26.6. The average Bonchev–Trinajstić information content (AvgIpc) is 3.47. The van der Waals surface area contributed by atoms with Gasteiger partial charge in [0.15, 0.2) is 12.4 Å². The topological polar surface area (TPSA) is 175 Å². The molecule has 11 heteroatoms. The smallest absolute Gasteiger partial charge is 0.306 e. The Morgan fingerprint density at radius 3 is 1.32 bits per heavy atom. The van der Waals surface area contributed by atoms with Gasteiger partial charge in [0.2, 0.25) is 5.91 Å². The van der Waals surface area contributed by atoms with Crippen molar-refractivity contribution in [2.45, 2.75) is 346 Å². The Morgan fingerprint density at radius 1 is 0.481 bits per heavy atom. The minimum absolute atomic E-state index is 0.114. The van der Waals surface area contributed by atoms with Crippen molar-refractivity contribution in [1.82, 2.24) is 5.32 Å². The van der Waals surface area contributed by atoms with Crippen LogP contribution in [0.4, 0.5) is 0 Å². The van der Waals surface area contributed by atoms with E-state index in [0.29, 0.717) is 12.8 Å². The van der Waals surface area contributed by atoms with Gasteiger partial charge in [-0.15, -0.1) is 0 Å². The second kappa shape index (κ2) is 57.5. The van der Waals surface area contributed by atoms with Gasteiger partial charge in [-0.2, -0.15) is 0 Å². The van der Waals surface area contributed by atoms with E-state index in [1.165, 1.54) is 148 Å². The van der Waals surface area contributed by atoms with Gasteiger partial charge in [-0.3, -0.25) is 9.59 Å². The third kappa shape index (κ3) is 45.2. The molecule has 8 unspecified atom stereocenters. The lowest BCUT2D eigenvalue weighted by Crippen LogP contribution is -2.61. The van der Waals surface area contributed by atoms with Gasteiger partial charge in [0.05, 0.1) is 25.4 Å². The van der Waals surface area contributed by atoms with Gasteiger partial charge < -0.3 is 45.1 Å². The van der Waals surface area contributed by atoms with E-state index >= 15 is 0 Å². The van der Waals surface area contributed by atoms with Crippen molar-refractivity contribution in [2.75, 3.05) is 13.2 Å². The minimum atomic E-state index is -1.62. The first-order chi connectivity index (χ1) is 39.7. The number of ether oxygens (including phenoxy) is 3. The number of rotatable bonds is 57. The Kier molecular flexibility index (Phi) is 54.1. The van der Waals surface area contributed by atoms with Crippen LogP contribution in [0.25, 0.3) is 0 Å². The lowest BCUT2D eigenvalue weighted by molar-refractivity contribution is -0.305. The molecule has 0 radical (unpaired) electrons. The fourth-order valence-corrected chi connectivity index (χ4v) is 10.2. The molecule has 0 spiro atoms. The van der Waals surface area contributed by atoms with Crippen LogP contribution in [0.1, 0.15) is 297 Å². The summed E-state index contributed by atoms with van der Waals surface area (Å²) < 4.78 is 17.7. The number of aliphatic hydroxyl groups excluding tert-OH is 5. The van der Waals surface area contributed by atoms with Gasteiger partial charge in [-0.1, -0.05) is 267 Å². The molecule has 0 aromatic heterocycles. The maximum absolute atomic E-state index is 13.4. The number of aliphatic hydroxyl groups is 5. The van der Waals surface area contributed by atoms with Crippen molar-refractivity contribution in [3.05, 3.63) is 72.9 Å². The molecule has 6 N–H and O–H groups in total. The summed E-state index contributed by atoms with van der Waals surface area (Å²) in [6, 6.07) is -1.03. The number of hydrogen-bond donors (Lipinski definition) is 6. The summed E-state index contributed by atoms with van der Waals surface area (Å²) in [6.45, 7) is 5.76. The van der Waals surface area contributed by atoms with Gasteiger partial charge >= 0.3 is 5.97 Å². The Morgan fingerprint density at radius 2 is 0.852 bits per heavy atom. The van der Waals surface area contributed by atoms with Crippen LogP contribution >= 0.6 is 0 Å². The van der Waals surface area contributed by atoms with Crippen molar-refractivity contribution in [3.8, 4) is 0 Å². The van der Waals surface area contributed by atoms with Crippen molar-refractivity contribution < 1.29 is 49.3 Å². The van der Waals surface area contributed by atoms with Crippen molar-refractivity contribution in [2.24, 2.45) is 0 Å². The van der Waals surface area contributed by atoms with E-state index in [0.717, 1.165) is 103 Å². The quantitative estimate of drug-likeness (QED) is 0.0195. The minimum Gasteiger partial charge on any atom is -0.454 e. The number of carbonyl (C=O) groups is 2. The Bertz CT molecular complexity index is 1590. The molecule has 1 saturated heterocycles. The molecule has 1 aliphatic heterocycles. The molecule has 0 bridgehead atoms.